The lowest BCUT2D eigenvalue weighted by atomic mass is 10.0. The molecule has 4 heterocycles. The molecule has 15 heteroatoms. The van der Waals surface area contributed by atoms with Crippen molar-refractivity contribution in [3.63, 3.8) is 0 Å². The zero-order valence-electron chi connectivity index (χ0n) is 32.5. The minimum Gasteiger partial charge on any atom is -1.00 e. The van der Waals surface area contributed by atoms with E-state index in [9.17, 15) is 28.8 Å². The molecule has 0 aromatic rings. The third kappa shape index (κ3) is 21.0. The highest BCUT2D eigenvalue weighted by molar-refractivity contribution is 6.00. The van der Waals surface area contributed by atoms with Gasteiger partial charge in [0, 0.05) is 38.9 Å². The molecule has 4 saturated heterocycles. The molecule has 5 amide bonds. The average Bonchev–Trinajstić information content (AvgIpc) is 3.92. The number of ether oxygens (including phenoxy) is 2. The van der Waals surface area contributed by atoms with Crippen LogP contribution in [0, 0.1) is 0 Å². The third-order valence-electron chi connectivity index (χ3n) is 9.75. The lowest BCUT2D eigenvalue weighted by Gasteiger charge is -2.27. The number of amides is 5. The van der Waals surface area contributed by atoms with Gasteiger partial charge in [-0.1, -0.05) is 90.9 Å². The molecule has 0 aliphatic carbocycles. The van der Waals surface area contributed by atoms with Crippen molar-refractivity contribution in [1.29, 1.82) is 0 Å². The molecule has 8 N–H and O–H groups in total. The van der Waals surface area contributed by atoms with E-state index in [0.29, 0.717) is 45.6 Å². The van der Waals surface area contributed by atoms with Gasteiger partial charge in [-0.05, 0) is 25.7 Å². The maximum absolute atomic E-state index is 12.3. The summed E-state index contributed by atoms with van der Waals surface area (Å²) < 4.78 is 11.5. The van der Waals surface area contributed by atoms with E-state index >= 15 is 0 Å². The largest absolute Gasteiger partial charge is 1.00 e. The summed E-state index contributed by atoms with van der Waals surface area (Å²) in [4.78, 5) is 68.9. The van der Waals surface area contributed by atoms with Gasteiger partial charge in [-0.3, -0.25) is 28.8 Å². The summed E-state index contributed by atoms with van der Waals surface area (Å²) >= 11 is 0. The van der Waals surface area contributed by atoms with Crippen LogP contribution in [0.1, 0.15) is 149 Å². The third-order valence-corrected chi connectivity index (χ3v) is 9.75. The van der Waals surface area contributed by atoms with E-state index in [1.807, 2.05) is 0 Å². The van der Waals surface area contributed by atoms with Gasteiger partial charge in [-0.25, -0.2) is 0 Å². The lowest BCUT2D eigenvalue weighted by Crippen LogP contribution is -3.00. The van der Waals surface area contributed by atoms with Crippen molar-refractivity contribution in [2.24, 2.45) is 0 Å². The number of ketones is 1. The SMILES string of the molecule is CCCCCCCCCC(=O)CC(=O)N[C@H]1CCNC1=O.CCCCCCCCCC1(CC(=O)N[C@H]2CCNC2=O)OCCO1.[Cl-].[NH3+][C@H]1CCNC1=O. The van der Waals surface area contributed by atoms with Gasteiger partial charge in [-0.2, -0.15) is 0 Å². The molecule has 4 aliphatic rings. The Morgan fingerprint density at radius 1 is 0.660 bits per heavy atom. The van der Waals surface area contributed by atoms with Gasteiger partial charge in [0.2, 0.25) is 23.6 Å². The number of rotatable bonds is 22. The Hall–Kier alpha value is -2.81. The van der Waals surface area contributed by atoms with Crippen LogP contribution in [0.25, 0.3) is 0 Å². The summed E-state index contributed by atoms with van der Waals surface area (Å²) in [5, 5.41) is 13.5. The van der Waals surface area contributed by atoms with Gasteiger partial charge in [-0.15, -0.1) is 0 Å². The van der Waals surface area contributed by atoms with Crippen LogP contribution in [0.3, 0.4) is 0 Å². The summed E-state index contributed by atoms with van der Waals surface area (Å²) in [5.41, 5.74) is 3.61. The molecule has 53 heavy (non-hydrogen) atoms. The Morgan fingerprint density at radius 2 is 1.11 bits per heavy atom. The van der Waals surface area contributed by atoms with E-state index < -0.39 is 17.9 Å². The standard InChI is InChI=1S/C18H32N2O4.C16H28N2O3.C4H8N2O.ClH/c1-2-3-4-5-6-7-8-10-18(23-12-13-24-18)14-16(21)20-15-9-11-19-17(15)22;1-2-3-4-5-6-7-8-9-13(19)12-15(20)18-14-10-11-17-16(14)21;5-3-1-2-6-4(3)7;/h15H,2-14H2,1H3,(H,19,22)(H,20,21);14H,2-12H2,1H3,(H,17,21)(H,18,20);3H,1-2,5H2,(H,6,7);1H/t15-;14-;3-;/m000./s1. The highest BCUT2D eigenvalue weighted by atomic mass is 35.5. The summed E-state index contributed by atoms with van der Waals surface area (Å²) in [6, 6.07) is -0.849. The predicted octanol–water partition coefficient (Wildman–Crippen LogP) is -0.523. The van der Waals surface area contributed by atoms with Gasteiger partial charge < -0.3 is 54.2 Å². The van der Waals surface area contributed by atoms with Crippen molar-refractivity contribution in [1.82, 2.24) is 26.6 Å². The number of hydrogen-bond donors (Lipinski definition) is 6. The summed E-state index contributed by atoms with van der Waals surface area (Å²) in [6.45, 7) is 7.52. The molecule has 4 fully saturated rings. The van der Waals surface area contributed by atoms with Crippen LogP contribution < -0.4 is 44.7 Å². The van der Waals surface area contributed by atoms with E-state index in [4.69, 9.17) is 9.47 Å². The van der Waals surface area contributed by atoms with Gasteiger partial charge in [0.25, 0.3) is 5.91 Å². The van der Waals surface area contributed by atoms with Crippen molar-refractivity contribution in [3.05, 3.63) is 0 Å². The quantitative estimate of drug-likeness (QED) is 0.0622. The smallest absolute Gasteiger partial charge is 0.278 e. The Labute approximate surface area is 323 Å². The van der Waals surface area contributed by atoms with Crippen molar-refractivity contribution in [2.75, 3.05) is 32.8 Å². The Balaban J connectivity index is 0.000000443. The van der Waals surface area contributed by atoms with Gasteiger partial charge in [0.15, 0.2) is 11.8 Å². The maximum Gasteiger partial charge on any atom is 0.278 e. The topological polar surface area (TPSA) is 209 Å². The number of hydrogen-bond acceptors (Lipinski definition) is 8. The van der Waals surface area contributed by atoms with E-state index in [1.54, 1.807) is 0 Å². The second-order valence-electron chi connectivity index (χ2n) is 14.4. The first kappa shape index (κ1) is 48.2. The number of quaternary nitrogens is 1. The molecular formula is C38H69ClN6O8. The van der Waals surface area contributed by atoms with Gasteiger partial charge in [0.05, 0.1) is 26.1 Å². The molecule has 0 aromatic heterocycles. The first-order chi connectivity index (χ1) is 25.1. The first-order valence-electron chi connectivity index (χ1n) is 20.1. The van der Waals surface area contributed by atoms with Gasteiger partial charge in [0.1, 0.15) is 17.9 Å². The van der Waals surface area contributed by atoms with E-state index in [-0.39, 0.29) is 66.6 Å². The van der Waals surface area contributed by atoms with Crippen molar-refractivity contribution >= 4 is 35.3 Å². The number of Topliss-reactive ketones (excluding diaryl/α,β-unsaturated/α-hetero) is 1. The zero-order chi connectivity index (χ0) is 38.0. The van der Waals surface area contributed by atoms with E-state index in [2.05, 4.69) is 46.2 Å². The zero-order valence-corrected chi connectivity index (χ0v) is 33.2. The molecule has 0 saturated carbocycles. The molecule has 0 unspecified atom stereocenters. The molecule has 0 bridgehead atoms. The van der Waals surface area contributed by atoms with Crippen LogP contribution in [0.2, 0.25) is 0 Å². The van der Waals surface area contributed by atoms with Crippen LogP contribution in [-0.2, 0) is 38.2 Å². The number of carbonyl (C=O) groups excluding carboxylic acids is 6. The molecule has 4 aliphatic heterocycles. The predicted molar refractivity (Wildman–Crippen MR) is 198 cm³/mol. The normalized spacial score (nSPS) is 21.2. The summed E-state index contributed by atoms with van der Waals surface area (Å²) in [5.74, 6) is -1.46. The van der Waals surface area contributed by atoms with Crippen molar-refractivity contribution in [2.45, 2.75) is 173 Å². The monoisotopic (exact) mass is 772 g/mol. The Bertz CT molecular complexity index is 1110. The second-order valence-corrected chi connectivity index (χ2v) is 14.4. The number of unbranched alkanes of at least 4 members (excludes halogenated alkanes) is 12. The maximum atomic E-state index is 12.3. The van der Waals surface area contributed by atoms with Crippen LogP contribution >= 0.6 is 0 Å². The highest BCUT2D eigenvalue weighted by Gasteiger charge is 2.39. The molecule has 306 valence electrons. The number of halogens is 1. The highest BCUT2D eigenvalue weighted by Crippen LogP contribution is 2.30. The first-order valence-corrected chi connectivity index (χ1v) is 20.1. The van der Waals surface area contributed by atoms with Gasteiger partial charge >= 0.3 is 0 Å². The van der Waals surface area contributed by atoms with E-state index in [1.165, 1.54) is 64.2 Å². The summed E-state index contributed by atoms with van der Waals surface area (Å²) in [7, 11) is 0. The minimum absolute atomic E-state index is 0. The molecule has 3 atom stereocenters. The molecule has 0 radical (unpaired) electrons. The average molecular weight is 773 g/mol. The second kappa shape index (κ2) is 28.6. The summed E-state index contributed by atoms with van der Waals surface area (Å²) in [6.07, 6.45) is 20.1. The molecule has 14 nitrogen and oxygen atoms in total. The fourth-order valence-electron chi connectivity index (χ4n) is 6.57. The lowest BCUT2D eigenvalue weighted by molar-refractivity contribution is -0.400. The number of carbonyl (C=O) groups is 6. The van der Waals surface area contributed by atoms with Crippen LogP contribution in [0.4, 0.5) is 0 Å². The van der Waals surface area contributed by atoms with Crippen LogP contribution in [0.15, 0.2) is 0 Å². The van der Waals surface area contributed by atoms with Crippen LogP contribution in [0.5, 0.6) is 0 Å². The molecular weight excluding hydrogens is 704 g/mol. The molecule has 0 aromatic carbocycles. The number of nitrogens with one attached hydrogen (secondary N) is 5. The van der Waals surface area contributed by atoms with Crippen molar-refractivity contribution < 1.29 is 56.4 Å². The van der Waals surface area contributed by atoms with Crippen LogP contribution in [-0.4, -0.2) is 92.1 Å². The Morgan fingerprint density at radius 3 is 1.55 bits per heavy atom. The fraction of sp³-hybridized carbons (Fsp3) is 0.842. The Kier molecular flexibility index (Phi) is 26.0. The molecule has 0 spiro atoms. The fourth-order valence-corrected chi connectivity index (χ4v) is 6.57. The van der Waals surface area contributed by atoms with E-state index in [0.717, 1.165) is 45.1 Å². The van der Waals surface area contributed by atoms with Crippen molar-refractivity contribution in [3.8, 4) is 0 Å². The minimum atomic E-state index is -0.789. The molecule has 4 rings (SSSR count).